The molecule has 0 saturated heterocycles. The summed E-state index contributed by atoms with van der Waals surface area (Å²) in [5.41, 5.74) is 3.53. The summed E-state index contributed by atoms with van der Waals surface area (Å²) in [6.45, 7) is 10.8. The van der Waals surface area contributed by atoms with Crippen molar-refractivity contribution in [2.24, 2.45) is 0 Å². The van der Waals surface area contributed by atoms with Gasteiger partial charge in [-0.1, -0.05) is 41.2 Å². The molecule has 0 radical (unpaired) electrons. The summed E-state index contributed by atoms with van der Waals surface area (Å²) in [7, 11) is 0. The van der Waals surface area contributed by atoms with Crippen LogP contribution in [0.5, 0.6) is 0 Å². The molecule has 1 aromatic heterocycles. The molecule has 0 aliphatic carbocycles. The van der Waals surface area contributed by atoms with Gasteiger partial charge in [-0.2, -0.15) is 0 Å². The SMILES string of the molecule is C=Cc1c(C=C)n(CC)c2cc(Br)ccc12. The monoisotopic (exact) mass is 275 g/mol. The summed E-state index contributed by atoms with van der Waals surface area (Å²) >= 11 is 3.51. The minimum absolute atomic E-state index is 0.933. The number of nitrogens with zero attached hydrogens (tertiary/aromatic N) is 1. The lowest BCUT2D eigenvalue weighted by Gasteiger charge is -2.04. The number of hydrogen-bond donors (Lipinski definition) is 0. The molecule has 0 saturated carbocycles. The van der Waals surface area contributed by atoms with E-state index in [4.69, 9.17) is 0 Å². The van der Waals surface area contributed by atoms with Gasteiger partial charge in [0.25, 0.3) is 0 Å². The van der Waals surface area contributed by atoms with Crippen molar-refractivity contribution < 1.29 is 0 Å². The van der Waals surface area contributed by atoms with Crippen molar-refractivity contribution in [2.75, 3.05) is 0 Å². The Kier molecular flexibility index (Phi) is 3.01. The van der Waals surface area contributed by atoms with Crippen LogP contribution in [0.3, 0.4) is 0 Å². The lowest BCUT2D eigenvalue weighted by molar-refractivity contribution is 0.789. The highest BCUT2D eigenvalue weighted by Crippen LogP contribution is 2.30. The van der Waals surface area contributed by atoms with E-state index in [0.717, 1.165) is 16.7 Å². The van der Waals surface area contributed by atoms with Gasteiger partial charge in [-0.25, -0.2) is 0 Å². The van der Waals surface area contributed by atoms with E-state index in [1.165, 1.54) is 16.5 Å². The van der Waals surface area contributed by atoms with Crippen LogP contribution in [0.4, 0.5) is 0 Å². The van der Waals surface area contributed by atoms with Crippen LogP contribution in [0.15, 0.2) is 35.8 Å². The first kappa shape index (κ1) is 11.2. The molecule has 0 fully saturated rings. The number of hydrogen-bond acceptors (Lipinski definition) is 0. The van der Waals surface area contributed by atoms with Gasteiger partial charge >= 0.3 is 0 Å². The second kappa shape index (κ2) is 4.30. The highest BCUT2D eigenvalue weighted by atomic mass is 79.9. The summed E-state index contributed by atoms with van der Waals surface area (Å²) in [5.74, 6) is 0. The lowest BCUT2D eigenvalue weighted by atomic mass is 10.1. The molecule has 0 amide bonds. The minimum Gasteiger partial charge on any atom is -0.341 e. The number of halogens is 1. The van der Waals surface area contributed by atoms with E-state index in [-0.39, 0.29) is 0 Å². The van der Waals surface area contributed by atoms with E-state index in [1.54, 1.807) is 0 Å². The highest BCUT2D eigenvalue weighted by molar-refractivity contribution is 9.10. The van der Waals surface area contributed by atoms with Crippen molar-refractivity contribution >= 4 is 39.0 Å². The fourth-order valence-corrected chi connectivity index (χ4v) is 2.49. The molecule has 2 heteroatoms. The molecule has 0 bridgehead atoms. The molecular weight excluding hydrogens is 262 g/mol. The Labute approximate surface area is 104 Å². The maximum absolute atomic E-state index is 3.89. The zero-order chi connectivity index (χ0) is 11.7. The molecule has 2 aromatic rings. The van der Waals surface area contributed by atoms with Gasteiger partial charge in [0.2, 0.25) is 0 Å². The number of aromatic nitrogens is 1. The van der Waals surface area contributed by atoms with E-state index in [2.05, 4.69) is 58.8 Å². The van der Waals surface area contributed by atoms with Crippen LogP contribution in [0.2, 0.25) is 0 Å². The Bertz CT molecular complexity index is 564. The predicted octanol–water partition coefficient (Wildman–Crippen LogP) is 4.71. The number of fused-ring (bicyclic) bond motifs is 1. The van der Waals surface area contributed by atoms with Crippen molar-refractivity contribution in [2.45, 2.75) is 13.5 Å². The van der Waals surface area contributed by atoms with Gasteiger partial charge in [0.15, 0.2) is 0 Å². The topological polar surface area (TPSA) is 4.93 Å². The molecule has 82 valence electrons. The fourth-order valence-electron chi connectivity index (χ4n) is 2.14. The van der Waals surface area contributed by atoms with Crippen molar-refractivity contribution in [3.63, 3.8) is 0 Å². The third kappa shape index (κ3) is 1.54. The number of aryl methyl sites for hydroxylation is 1. The average molecular weight is 276 g/mol. The summed E-state index contributed by atoms with van der Waals surface area (Å²) in [4.78, 5) is 0. The van der Waals surface area contributed by atoms with Crippen LogP contribution in [0.1, 0.15) is 18.2 Å². The molecule has 0 aliphatic heterocycles. The second-order valence-electron chi connectivity index (χ2n) is 3.61. The van der Waals surface area contributed by atoms with Gasteiger partial charge < -0.3 is 4.57 Å². The van der Waals surface area contributed by atoms with Crippen LogP contribution in [0, 0.1) is 0 Å². The van der Waals surface area contributed by atoms with Gasteiger partial charge in [-0.3, -0.25) is 0 Å². The first-order valence-electron chi connectivity index (χ1n) is 5.29. The molecule has 2 rings (SSSR count). The smallest absolute Gasteiger partial charge is 0.0502 e. The Morgan fingerprint density at radius 1 is 1.31 bits per heavy atom. The van der Waals surface area contributed by atoms with Gasteiger partial charge in [0.1, 0.15) is 0 Å². The van der Waals surface area contributed by atoms with Crippen molar-refractivity contribution in [1.29, 1.82) is 0 Å². The summed E-state index contributed by atoms with van der Waals surface area (Å²) in [6, 6.07) is 6.32. The first-order chi connectivity index (χ1) is 7.72. The molecule has 0 spiro atoms. The average Bonchev–Trinajstić information content (AvgIpc) is 2.60. The maximum Gasteiger partial charge on any atom is 0.0502 e. The molecule has 0 unspecified atom stereocenters. The highest BCUT2D eigenvalue weighted by Gasteiger charge is 2.11. The Morgan fingerprint density at radius 3 is 2.62 bits per heavy atom. The fraction of sp³-hybridized carbons (Fsp3) is 0.143. The van der Waals surface area contributed by atoms with E-state index in [0.29, 0.717) is 0 Å². The zero-order valence-corrected chi connectivity index (χ0v) is 10.9. The van der Waals surface area contributed by atoms with Crippen molar-refractivity contribution in [1.82, 2.24) is 4.57 Å². The number of rotatable bonds is 3. The van der Waals surface area contributed by atoms with Crippen LogP contribution in [-0.2, 0) is 6.54 Å². The normalized spacial score (nSPS) is 10.6. The van der Waals surface area contributed by atoms with Crippen LogP contribution in [0.25, 0.3) is 23.1 Å². The van der Waals surface area contributed by atoms with Gasteiger partial charge in [-0.05, 0) is 25.1 Å². The first-order valence-corrected chi connectivity index (χ1v) is 6.08. The third-order valence-corrected chi connectivity index (χ3v) is 3.31. The quantitative estimate of drug-likeness (QED) is 0.765. The van der Waals surface area contributed by atoms with E-state index < -0.39 is 0 Å². The molecule has 0 N–H and O–H groups in total. The zero-order valence-electron chi connectivity index (χ0n) is 9.33. The summed E-state index contributed by atoms with van der Waals surface area (Å²) in [5, 5.41) is 1.23. The predicted molar refractivity (Wildman–Crippen MR) is 75.5 cm³/mol. The molecule has 1 aromatic carbocycles. The van der Waals surface area contributed by atoms with Crippen LogP contribution in [-0.4, -0.2) is 4.57 Å². The van der Waals surface area contributed by atoms with Gasteiger partial charge in [0.05, 0.1) is 5.52 Å². The van der Waals surface area contributed by atoms with Crippen molar-refractivity contribution in [3.05, 3.63) is 47.1 Å². The van der Waals surface area contributed by atoms with Crippen LogP contribution >= 0.6 is 15.9 Å². The Balaban J connectivity index is 2.95. The standard InChI is InChI=1S/C14H14BrN/c1-4-11-12-8-7-10(15)9-14(12)16(6-3)13(11)5-2/h4-5,7-9H,1-2,6H2,3H3. The molecule has 0 atom stereocenters. The maximum atomic E-state index is 3.89. The van der Waals surface area contributed by atoms with E-state index in [9.17, 15) is 0 Å². The molecule has 16 heavy (non-hydrogen) atoms. The molecule has 0 aliphatic rings. The van der Waals surface area contributed by atoms with Gasteiger partial charge in [-0.15, -0.1) is 0 Å². The number of benzene rings is 1. The Morgan fingerprint density at radius 2 is 2.06 bits per heavy atom. The largest absolute Gasteiger partial charge is 0.341 e. The Hall–Kier alpha value is -1.28. The summed E-state index contributed by atoms with van der Waals surface area (Å²) in [6.07, 6.45) is 3.80. The van der Waals surface area contributed by atoms with Gasteiger partial charge in [0, 0.05) is 27.7 Å². The molecule has 1 heterocycles. The molecular formula is C14H14BrN. The summed E-state index contributed by atoms with van der Waals surface area (Å²) < 4.78 is 3.35. The third-order valence-electron chi connectivity index (χ3n) is 2.82. The van der Waals surface area contributed by atoms with E-state index >= 15 is 0 Å². The molecule has 1 nitrogen and oxygen atoms in total. The van der Waals surface area contributed by atoms with Crippen molar-refractivity contribution in [3.8, 4) is 0 Å². The van der Waals surface area contributed by atoms with Crippen LogP contribution < -0.4 is 0 Å². The lowest BCUT2D eigenvalue weighted by Crippen LogP contribution is -1.96. The van der Waals surface area contributed by atoms with E-state index in [1.807, 2.05) is 12.2 Å². The minimum atomic E-state index is 0.933. The second-order valence-corrected chi connectivity index (χ2v) is 4.53.